The van der Waals surface area contributed by atoms with Crippen molar-refractivity contribution in [3.63, 3.8) is 0 Å². The topological polar surface area (TPSA) is 65.7 Å². The van der Waals surface area contributed by atoms with Gasteiger partial charge in [0.2, 0.25) is 0 Å². The highest BCUT2D eigenvalue weighted by atomic mass is 19.1. The molecule has 1 aliphatic rings. The van der Waals surface area contributed by atoms with Gasteiger partial charge in [-0.1, -0.05) is 0 Å². The molecule has 6 heteroatoms. The third kappa shape index (κ3) is 3.29. The molecule has 1 heterocycles. The van der Waals surface area contributed by atoms with Crippen molar-refractivity contribution < 1.29 is 19.0 Å². The van der Waals surface area contributed by atoms with E-state index in [1.807, 2.05) is 11.0 Å². The van der Waals surface area contributed by atoms with Gasteiger partial charge in [-0.15, -0.1) is 0 Å². The average Bonchev–Trinajstić information content (AvgIpc) is 2.62. The number of hydrogen-bond acceptors (Lipinski definition) is 5. The van der Waals surface area contributed by atoms with E-state index >= 15 is 0 Å². The van der Waals surface area contributed by atoms with E-state index in [2.05, 4.69) is 0 Å². The van der Waals surface area contributed by atoms with Gasteiger partial charge in [-0.05, 0) is 30.3 Å². The second-order valence-corrected chi connectivity index (χ2v) is 5.97. The first kappa shape index (κ1) is 17.2. The first-order chi connectivity index (χ1) is 12.1. The van der Waals surface area contributed by atoms with Crippen molar-refractivity contribution in [1.29, 1.82) is 5.26 Å². The summed E-state index contributed by atoms with van der Waals surface area (Å²) < 4.78 is 24.8. The smallest absolute Gasteiger partial charge is 0.127 e. The lowest BCUT2D eigenvalue weighted by Gasteiger charge is -2.34. The van der Waals surface area contributed by atoms with Crippen molar-refractivity contribution >= 4 is 0 Å². The van der Waals surface area contributed by atoms with Crippen LogP contribution in [0.1, 0.15) is 28.4 Å². The highest BCUT2D eigenvalue weighted by Crippen LogP contribution is 2.39. The molecule has 1 N–H and O–H groups in total. The quantitative estimate of drug-likeness (QED) is 0.925. The molecule has 3 rings (SSSR count). The largest absolute Gasteiger partial charge is 0.496 e. The van der Waals surface area contributed by atoms with Crippen LogP contribution in [-0.4, -0.2) is 30.8 Å². The molecule has 130 valence electrons. The Morgan fingerprint density at radius 1 is 1.24 bits per heavy atom. The number of hydrogen-bond donors (Lipinski definition) is 1. The molecular weight excluding hydrogens is 323 g/mol. The highest BCUT2D eigenvalue weighted by molar-refractivity contribution is 5.51. The van der Waals surface area contributed by atoms with Gasteiger partial charge in [-0.25, -0.2) is 4.39 Å². The first-order valence-corrected chi connectivity index (χ1v) is 7.90. The molecule has 0 aliphatic carbocycles. The molecule has 0 unspecified atom stereocenters. The second kappa shape index (κ2) is 7.09. The van der Waals surface area contributed by atoms with Crippen LogP contribution >= 0.6 is 0 Å². The van der Waals surface area contributed by atoms with E-state index in [0.717, 1.165) is 5.56 Å². The monoisotopic (exact) mass is 342 g/mol. The van der Waals surface area contributed by atoms with Gasteiger partial charge in [-0.3, -0.25) is 4.90 Å². The molecule has 1 atom stereocenters. The van der Waals surface area contributed by atoms with Crippen molar-refractivity contribution in [2.75, 3.05) is 20.8 Å². The number of halogens is 1. The third-order valence-corrected chi connectivity index (χ3v) is 4.43. The van der Waals surface area contributed by atoms with Gasteiger partial charge in [-0.2, -0.15) is 5.26 Å². The molecule has 25 heavy (non-hydrogen) atoms. The van der Waals surface area contributed by atoms with Gasteiger partial charge in [0.05, 0.1) is 32.0 Å². The van der Waals surface area contributed by atoms with Gasteiger partial charge in [0.25, 0.3) is 0 Å². The summed E-state index contributed by atoms with van der Waals surface area (Å²) in [5, 5.41) is 19.6. The molecule has 2 aromatic rings. The summed E-state index contributed by atoms with van der Waals surface area (Å²) >= 11 is 0. The second-order valence-electron chi connectivity index (χ2n) is 5.97. The molecule has 0 bridgehead atoms. The summed E-state index contributed by atoms with van der Waals surface area (Å²) in [5.41, 5.74) is 2.38. The van der Waals surface area contributed by atoms with Gasteiger partial charge in [0.15, 0.2) is 0 Å². The number of ether oxygens (including phenoxy) is 2. The standard InChI is InChI=1S/C19H19FN2O3/c1-24-17-5-6-18(25-2)19-14(17)10-22(11-16(19)23)9-13-7-12(8-21)3-4-15(13)20/h3-7,16,23H,9-11H2,1-2H3/t16-/m0/s1. The minimum Gasteiger partial charge on any atom is -0.496 e. The maximum absolute atomic E-state index is 14.1. The molecule has 0 saturated carbocycles. The van der Waals surface area contributed by atoms with E-state index in [1.54, 1.807) is 32.4 Å². The fourth-order valence-electron chi connectivity index (χ4n) is 3.27. The van der Waals surface area contributed by atoms with Gasteiger partial charge in [0, 0.05) is 36.3 Å². The van der Waals surface area contributed by atoms with Crippen LogP contribution in [0.5, 0.6) is 11.5 Å². The predicted molar refractivity (Wildman–Crippen MR) is 89.7 cm³/mol. The van der Waals surface area contributed by atoms with E-state index in [4.69, 9.17) is 14.7 Å². The number of β-amino-alcohol motifs (C(OH)–C–C–N with tert-alkyl or cyclic N) is 1. The van der Waals surface area contributed by atoms with Crippen molar-refractivity contribution in [3.8, 4) is 17.6 Å². The molecule has 1 aliphatic heterocycles. The maximum atomic E-state index is 14.1. The molecule has 0 aromatic heterocycles. The van der Waals surface area contributed by atoms with E-state index < -0.39 is 6.10 Å². The number of fused-ring (bicyclic) bond motifs is 1. The Balaban J connectivity index is 1.93. The average molecular weight is 342 g/mol. The van der Waals surface area contributed by atoms with Crippen molar-refractivity contribution in [2.45, 2.75) is 19.2 Å². The Morgan fingerprint density at radius 2 is 1.96 bits per heavy atom. The zero-order valence-corrected chi connectivity index (χ0v) is 14.1. The van der Waals surface area contributed by atoms with Gasteiger partial charge in [0.1, 0.15) is 17.3 Å². The summed E-state index contributed by atoms with van der Waals surface area (Å²) in [6, 6.07) is 9.88. The number of aliphatic hydroxyl groups is 1. The minimum absolute atomic E-state index is 0.290. The lowest BCUT2D eigenvalue weighted by atomic mass is 9.94. The van der Waals surface area contributed by atoms with Gasteiger partial charge < -0.3 is 14.6 Å². The Kier molecular flexibility index (Phi) is 4.88. The van der Waals surface area contributed by atoms with Crippen LogP contribution in [0.4, 0.5) is 4.39 Å². The Bertz CT molecular complexity index is 832. The number of aliphatic hydroxyl groups excluding tert-OH is 1. The summed E-state index contributed by atoms with van der Waals surface area (Å²) in [6.07, 6.45) is -0.768. The fourth-order valence-corrected chi connectivity index (χ4v) is 3.27. The van der Waals surface area contributed by atoms with E-state index in [-0.39, 0.29) is 12.4 Å². The summed E-state index contributed by atoms with van der Waals surface area (Å²) in [5.74, 6) is 0.906. The lowest BCUT2D eigenvalue weighted by Crippen LogP contribution is -2.34. The summed E-state index contributed by atoms with van der Waals surface area (Å²) in [6.45, 7) is 1.12. The number of benzene rings is 2. The molecular formula is C19H19FN2O3. The molecule has 0 spiro atoms. The first-order valence-electron chi connectivity index (χ1n) is 7.90. The van der Waals surface area contributed by atoms with Crippen LogP contribution in [0, 0.1) is 17.1 Å². The van der Waals surface area contributed by atoms with Crippen molar-refractivity contribution in [3.05, 3.63) is 58.4 Å². The van der Waals surface area contributed by atoms with Crippen molar-refractivity contribution in [2.24, 2.45) is 0 Å². The lowest BCUT2D eigenvalue weighted by molar-refractivity contribution is 0.0837. The molecule has 0 saturated heterocycles. The number of rotatable bonds is 4. The van der Waals surface area contributed by atoms with E-state index in [0.29, 0.717) is 41.3 Å². The van der Waals surface area contributed by atoms with Crippen molar-refractivity contribution in [1.82, 2.24) is 4.90 Å². The highest BCUT2D eigenvalue weighted by Gasteiger charge is 2.30. The summed E-state index contributed by atoms with van der Waals surface area (Å²) in [4.78, 5) is 1.93. The predicted octanol–water partition coefficient (Wildman–Crippen LogP) is 2.76. The van der Waals surface area contributed by atoms with Crippen LogP contribution < -0.4 is 9.47 Å². The SMILES string of the molecule is COc1ccc(OC)c2c1CN(Cc1cc(C#N)ccc1F)C[C@@H]2O. The molecule has 0 fully saturated rings. The Morgan fingerprint density at radius 3 is 2.64 bits per heavy atom. The molecule has 5 nitrogen and oxygen atoms in total. The molecule has 0 radical (unpaired) electrons. The van der Waals surface area contributed by atoms with E-state index in [9.17, 15) is 9.50 Å². The van der Waals surface area contributed by atoms with Crippen LogP contribution in [0.15, 0.2) is 30.3 Å². The summed E-state index contributed by atoms with van der Waals surface area (Å²) in [7, 11) is 3.13. The molecule has 0 amide bonds. The minimum atomic E-state index is -0.768. The maximum Gasteiger partial charge on any atom is 0.127 e. The Hall–Kier alpha value is -2.62. The fraction of sp³-hybridized carbons (Fsp3) is 0.316. The zero-order chi connectivity index (χ0) is 18.0. The van der Waals surface area contributed by atoms with Crippen LogP contribution in [0.3, 0.4) is 0 Å². The van der Waals surface area contributed by atoms with Crippen LogP contribution in [-0.2, 0) is 13.1 Å². The zero-order valence-electron chi connectivity index (χ0n) is 14.1. The number of nitrogens with zero attached hydrogens (tertiary/aromatic N) is 2. The number of nitriles is 1. The normalized spacial score (nSPS) is 16.8. The third-order valence-electron chi connectivity index (χ3n) is 4.43. The number of methoxy groups -OCH3 is 2. The Labute approximate surface area is 145 Å². The van der Waals surface area contributed by atoms with Crippen LogP contribution in [0.25, 0.3) is 0 Å². The molecule has 2 aromatic carbocycles. The van der Waals surface area contributed by atoms with Gasteiger partial charge >= 0.3 is 0 Å². The van der Waals surface area contributed by atoms with E-state index in [1.165, 1.54) is 12.1 Å². The van der Waals surface area contributed by atoms with Crippen LogP contribution in [0.2, 0.25) is 0 Å².